The van der Waals surface area contributed by atoms with E-state index in [9.17, 15) is 4.79 Å². The molecule has 0 saturated carbocycles. The van der Waals surface area contributed by atoms with Gasteiger partial charge in [-0.3, -0.25) is 10.1 Å². The first kappa shape index (κ1) is 6.11. The maximum Gasteiger partial charge on any atom is 0.204 e. The van der Waals surface area contributed by atoms with Crippen LogP contribution in [0.4, 0.5) is 0 Å². The molecule has 1 N–H and O–H groups in total. The molecule has 46 valence electrons. The summed E-state index contributed by atoms with van der Waals surface area (Å²) in [6.07, 6.45) is 0. The average Bonchev–Trinajstić information content (AvgIpc) is 1.82. The highest BCUT2D eigenvalue weighted by molar-refractivity contribution is 8.15. The van der Waals surface area contributed by atoms with E-state index < -0.39 is 0 Å². The van der Waals surface area contributed by atoms with Crippen molar-refractivity contribution < 1.29 is 4.79 Å². The van der Waals surface area contributed by atoms with Crippen LogP contribution in [-0.2, 0) is 4.79 Å². The zero-order valence-electron chi connectivity index (χ0n) is 5.02. The van der Waals surface area contributed by atoms with Gasteiger partial charge in [-0.15, -0.1) is 0 Å². The van der Waals surface area contributed by atoms with Crippen LogP contribution < -0.4 is 5.32 Å². The Bertz CT molecular complexity index is 122. The molecule has 0 radical (unpaired) electrons. The first-order valence-corrected chi connectivity index (χ1v) is 3.39. The summed E-state index contributed by atoms with van der Waals surface area (Å²) in [5.74, 6) is 0. The second kappa shape index (κ2) is 1.74. The van der Waals surface area contributed by atoms with Gasteiger partial charge in [-0.05, 0) is 13.8 Å². The normalized spacial score (nSPS) is 26.5. The molecule has 0 bridgehead atoms. The van der Waals surface area contributed by atoms with Gasteiger partial charge in [0.1, 0.15) is 0 Å². The predicted octanol–water partition coefficient (Wildman–Crippen LogP) is 0.585. The summed E-state index contributed by atoms with van der Waals surface area (Å²) in [4.78, 5) is 10.5. The fourth-order valence-electron chi connectivity index (χ4n) is 0.642. The molecule has 0 aromatic rings. The first-order chi connectivity index (χ1) is 3.60. The summed E-state index contributed by atoms with van der Waals surface area (Å²) in [7, 11) is 0. The van der Waals surface area contributed by atoms with Crippen LogP contribution in [0.3, 0.4) is 0 Å². The third-order valence-corrected chi connectivity index (χ3v) is 2.05. The molecule has 8 heavy (non-hydrogen) atoms. The molecule has 1 saturated heterocycles. The van der Waals surface area contributed by atoms with Crippen LogP contribution in [0.25, 0.3) is 0 Å². The molecule has 1 fully saturated rings. The molecule has 0 spiro atoms. The van der Waals surface area contributed by atoms with Crippen molar-refractivity contribution in [2.45, 2.75) is 18.7 Å². The van der Waals surface area contributed by atoms with Crippen LogP contribution in [-0.4, -0.2) is 16.5 Å². The summed E-state index contributed by atoms with van der Waals surface area (Å²) in [5, 5.41) is 3.30. The van der Waals surface area contributed by atoms with Crippen molar-refractivity contribution >= 4 is 16.9 Å². The molecule has 3 heteroatoms. The molecule has 1 aliphatic heterocycles. The molecule has 0 aromatic carbocycles. The van der Waals surface area contributed by atoms with Gasteiger partial charge in [0, 0.05) is 0 Å². The Morgan fingerprint density at radius 2 is 2.38 bits per heavy atom. The quantitative estimate of drug-likeness (QED) is 0.521. The largest absolute Gasteiger partial charge is 0.295 e. The fourth-order valence-corrected chi connectivity index (χ4v) is 1.50. The Labute approximate surface area is 53.0 Å². The lowest BCUT2D eigenvalue weighted by Crippen LogP contribution is -2.29. The Balaban J connectivity index is 2.56. The van der Waals surface area contributed by atoms with E-state index in [0.29, 0.717) is 6.54 Å². The van der Waals surface area contributed by atoms with Crippen LogP contribution in [0.2, 0.25) is 0 Å². The van der Waals surface area contributed by atoms with Crippen molar-refractivity contribution in [1.82, 2.24) is 5.32 Å². The molecule has 0 aromatic heterocycles. The smallest absolute Gasteiger partial charge is 0.204 e. The SMILES string of the molecule is CC1(C)NCC(=O)S1. The number of hydrogen-bond donors (Lipinski definition) is 1. The average molecular weight is 131 g/mol. The van der Waals surface area contributed by atoms with E-state index >= 15 is 0 Å². The minimum atomic E-state index is -0.0168. The maximum atomic E-state index is 10.6. The summed E-state index contributed by atoms with van der Waals surface area (Å²) in [5.41, 5.74) is 0. The topological polar surface area (TPSA) is 29.1 Å². The zero-order chi connectivity index (χ0) is 6.20. The van der Waals surface area contributed by atoms with Crippen LogP contribution in [0, 0.1) is 0 Å². The van der Waals surface area contributed by atoms with E-state index in [2.05, 4.69) is 5.32 Å². The van der Waals surface area contributed by atoms with Gasteiger partial charge in [-0.1, -0.05) is 11.8 Å². The molecule has 0 amide bonds. The van der Waals surface area contributed by atoms with Crippen LogP contribution in [0.1, 0.15) is 13.8 Å². The van der Waals surface area contributed by atoms with Crippen molar-refractivity contribution in [3.05, 3.63) is 0 Å². The van der Waals surface area contributed by atoms with E-state index in [4.69, 9.17) is 0 Å². The van der Waals surface area contributed by atoms with Crippen LogP contribution >= 0.6 is 11.8 Å². The fraction of sp³-hybridized carbons (Fsp3) is 0.800. The van der Waals surface area contributed by atoms with E-state index in [1.165, 1.54) is 11.8 Å². The van der Waals surface area contributed by atoms with Gasteiger partial charge in [-0.2, -0.15) is 0 Å². The second-order valence-electron chi connectivity index (χ2n) is 2.34. The van der Waals surface area contributed by atoms with Crippen molar-refractivity contribution in [2.75, 3.05) is 6.54 Å². The first-order valence-electron chi connectivity index (χ1n) is 2.57. The van der Waals surface area contributed by atoms with Gasteiger partial charge in [0.05, 0.1) is 11.4 Å². The van der Waals surface area contributed by atoms with Crippen molar-refractivity contribution in [3.63, 3.8) is 0 Å². The summed E-state index contributed by atoms with van der Waals surface area (Å²) < 4.78 is 0. The maximum absolute atomic E-state index is 10.6. The molecule has 1 rings (SSSR count). The van der Waals surface area contributed by atoms with E-state index in [1.807, 2.05) is 13.8 Å². The van der Waals surface area contributed by atoms with E-state index in [-0.39, 0.29) is 9.99 Å². The van der Waals surface area contributed by atoms with Crippen LogP contribution in [0.5, 0.6) is 0 Å². The number of hydrogen-bond acceptors (Lipinski definition) is 3. The molecule has 0 atom stereocenters. The third-order valence-electron chi connectivity index (χ3n) is 1.03. The standard InChI is InChI=1S/C5H9NOS/c1-5(2)6-3-4(7)8-5/h6H,3H2,1-2H3. The summed E-state index contributed by atoms with van der Waals surface area (Å²) >= 11 is 1.37. The number of thioether (sulfide) groups is 1. The van der Waals surface area contributed by atoms with E-state index in [1.54, 1.807) is 0 Å². The molecular formula is C5H9NOS. The van der Waals surface area contributed by atoms with Gasteiger partial charge in [0.15, 0.2) is 0 Å². The highest BCUT2D eigenvalue weighted by Crippen LogP contribution is 2.26. The van der Waals surface area contributed by atoms with Gasteiger partial charge in [0.25, 0.3) is 0 Å². The van der Waals surface area contributed by atoms with Crippen LogP contribution in [0.15, 0.2) is 0 Å². The molecule has 0 unspecified atom stereocenters. The monoisotopic (exact) mass is 131 g/mol. The Morgan fingerprint density at radius 1 is 1.75 bits per heavy atom. The van der Waals surface area contributed by atoms with Crippen molar-refractivity contribution in [1.29, 1.82) is 0 Å². The Kier molecular flexibility index (Phi) is 1.33. The molecule has 1 heterocycles. The second-order valence-corrected chi connectivity index (χ2v) is 4.02. The molecule has 1 aliphatic rings. The van der Waals surface area contributed by atoms with Gasteiger partial charge in [-0.25, -0.2) is 0 Å². The van der Waals surface area contributed by atoms with Crippen molar-refractivity contribution in [3.8, 4) is 0 Å². The van der Waals surface area contributed by atoms with E-state index in [0.717, 1.165) is 0 Å². The Hall–Kier alpha value is -0.0200. The molecule has 2 nitrogen and oxygen atoms in total. The number of carbonyl (C=O) groups is 1. The van der Waals surface area contributed by atoms with Gasteiger partial charge >= 0.3 is 0 Å². The van der Waals surface area contributed by atoms with Crippen molar-refractivity contribution in [2.24, 2.45) is 0 Å². The minimum absolute atomic E-state index is 0.0168. The predicted molar refractivity (Wildman–Crippen MR) is 34.7 cm³/mol. The molecule has 0 aliphatic carbocycles. The lowest BCUT2D eigenvalue weighted by molar-refractivity contribution is -0.109. The summed E-state index contributed by atoms with van der Waals surface area (Å²) in [6.45, 7) is 4.53. The zero-order valence-corrected chi connectivity index (χ0v) is 5.84. The Morgan fingerprint density at radius 3 is 2.50 bits per heavy atom. The molecular weight excluding hydrogens is 122 g/mol. The number of carbonyl (C=O) groups excluding carboxylic acids is 1. The minimum Gasteiger partial charge on any atom is -0.295 e. The lowest BCUT2D eigenvalue weighted by atomic mass is 10.4. The third kappa shape index (κ3) is 1.23. The van der Waals surface area contributed by atoms with Gasteiger partial charge in [0.2, 0.25) is 5.12 Å². The number of nitrogens with one attached hydrogen (secondary N) is 1. The highest BCUT2D eigenvalue weighted by Gasteiger charge is 2.28. The highest BCUT2D eigenvalue weighted by atomic mass is 32.2. The summed E-state index contributed by atoms with van der Waals surface area (Å²) in [6, 6.07) is 0. The van der Waals surface area contributed by atoms with Gasteiger partial charge < -0.3 is 0 Å². The number of rotatable bonds is 0. The lowest BCUT2D eigenvalue weighted by Gasteiger charge is -2.13.